The summed E-state index contributed by atoms with van der Waals surface area (Å²) in [6, 6.07) is 123. The van der Waals surface area contributed by atoms with E-state index in [9.17, 15) is 42.1 Å². The molecule has 4 heterocycles. The molecule has 120 heavy (non-hydrogen) atoms. The maximum Gasteiger partial charge on any atom is 0.164 e. The van der Waals surface area contributed by atoms with Crippen molar-refractivity contribution in [1.82, 2.24) is 39.0 Å². The van der Waals surface area contributed by atoms with Crippen LogP contribution in [-0.2, 0) is 0 Å². The van der Waals surface area contributed by atoms with Crippen molar-refractivity contribution in [3.63, 3.8) is 0 Å². The van der Waals surface area contributed by atoms with E-state index in [2.05, 4.69) is 155 Å². The fourth-order valence-corrected chi connectivity index (χ4v) is 15.9. The Labute approximate surface area is 687 Å². The Kier molecular flexibility index (Phi) is 18.3. The van der Waals surface area contributed by atoms with Crippen molar-refractivity contribution in [3.05, 3.63) is 372 Å². The molecule has 16 heteroatoms. The van der Waals surface area contributed by atoms with Gasteiger partial charge in [-0.2, -0.15) is 42.1 Å². The Morgan fingerprint density at radius 1 is 0.167 bits per heavy atom. The van der Waals surface area contributed by atoms with E-state index in [-0.39, 0.29) is 0 Å². The first-order chi connectivity index (χ1) is 59.0. The summed E-state index contributed by atoms with van der Waals surface area (Å²) in [5, 5.41) is 85.6. The number of nitrogens with zero attached hydrogens (tertiary/aromatic N) is 16. The molecule has 0 saturated carbocycles. The second-order valence-electron chi connectivity index (χ2n) is 28.8. The first kappa shape index (κ1) is 72.1. The van der Waals surface area contributed by atoms with E-state index >= 15 is 0 Å². The minimum Gasteiger partial charge on any atom is -0.309 e. The standard InChI is InChI=1S/C104H54N16/c105-55-63-36-64(56-106)41-83(40-63)75-26-32-93-89(49-75)90-50-76(84-42-65(57-107)37-66(43-84)58-108)27-33-94(90)119(93)97-53-81(103-115-99(71-14-5-1-6-15-71)113-100(116-103)72-16-7-2-8-17-72)24-30-87(97)79-22-13-23-80(48-79)88-31-25-82(104-117-101(73-18-9-3-10-19-73)114-102(118-104)74-20-11-4-12-21-74)54-98(88)120-95-34-28-77(85-44-67(59-109)38-68(45-85)60-110)51-91(95)92-52-78(29-35-96(92)120)86-46-69(61-111)39-70(47-86)62-112/h1-54H. The third-order valence-corrected chi connectivity index (χ3v) is 21.5. The molecule has 16 nitrogen and oxygen atoms in total. The van der Waals surface area contributed by atoms with Gasteiger partial charge in [0.25, 0.3) is 0 Å². The lowest BCUT2D eigenvalue weighted by Gasteiger charge is -2.19. The van der Waals surface area contributed by atoms with Crippen LogP contribution in [0, 0.1) is 90.6 Å². The van der Waals surface area contributed by atoms with Gasteiger partial charge in [0.2, 0.25) is 0 Å². The zero-order valence-electron chi connectivity index (χ0n) is 63.3. The van der Waals surface area contributed by atoms with Crippen LogP contribution in [0.4, 0.5) is 0 Å². The lowest BCUT2D eigenvalue weighted by Crippen LogP contribution is -2.03. The average molecular weight is 1530 g/mol. The van der Waals surface area contributed by atoms with Gasteiger partial charge in [0, 0.05) is 66.1 Å². The van der Waals surface area contributed by atoms with Crippen molar-refractivity contribution in [1.29, 1.82) is 42.1 Å². The molecule has 0 amide bonds. The topological polar surface area (TPSA) is 278 Å². The number of hydrogen-bond acceptors (Lipinski definition) is 14. The van der Waals surface area contributed by atoms with E-state index < -0.39 is 0 Å². The molecule has 19 aromatic rings. The summed E-state index contributed by atoms with van der Waals surface area (Å²) in [5.74, 6) is 2.73. The molecule has 0 N–H and O–H groups in total. The summed E-state index contributed by atoms with van der Waals surface area (Å²) in [4.78, 5) is 31.3. The SMILES string of the molecule is N#Cc1cc(C#N)cc(-c2ccc3c(c2)c2cc(-c4cc(C#N)cc(C#N)c4)ccc2n3-c2cc(-c3nc(-c4ccccc4)nc(-c4ccccc4)n3)ccc2-c2cccc(-c3ccc(-c4nc(-c5ccccc5)nc(-c5ccccc5)n4)cc3-n3c4ccc(-c5cc(C#N)cc(C#N)c5)cc4c4cc(-c5cc(C#N)cc(C#N)c5)ccc43)c2)c1. The molecule has 4 aromatic heterocycles. The number of rotatable bonds is 14. The molecule has 550 valence electrons. The molecular formula is C104H54N16. The second-order valence-corrected chi connectivity index (χ2v) is 28.8. The van der Waals surface area contributed by atoms with E-state index in [1.807, 2.05) is 158 Å². The average Bonchev–Trinajstić information content (AvgIpc) is 1.55. The van der Waals surface area contributed by atoms with Crippen molar-refractivity contribution in [2.24, 2.45) is 0 Å². The molecule has 0 saturated heterocycles. The molecule has 15 aromatic carbocycles. The van der Waals surface area contributed by atoms with Gasteiger partial charge in [0.1, 0.15) is 0 Å². The van der Waals surface area contributed by atoms with Gasteiger partial charge < -0.3 is 9.13 Å². The van der Waals surface area contributed by atoms with Gasteiger partial charge in [-0.05, 0) is 195 Å². The van der Waals surface area contributed by atoms with E-state index in [4.69, 9.17) is 29.9 Å². The largest absolute Gasteiger partial charge is 0.309 e. The maximum atomic E-state index is 10.3. The number of nitriles is 8. The summed E-state index contributed by atoms with van der Waals surface area (Å²) in [6.45, 7) is 0. The number of hydrogen-bond donors (Lipinski definition) is 0. The third-order valence-electron chi connectivity index (χ3n) is 21.5. The zero-order valence-corrected chi connectivity index (χ0v) is 63.3. The predicted molar refractivity (Wildman–Crippen MR) is 465 cm³/mol. The maximum absolute atomic E-state index is 10.3. The molecule has 0 spiro atoms. The van der Waals surface area contributed by atoms with Crippen molar-refractivity contribution in [2.45, 2.75) is 0 Å². The molecule has 0 aliphatic heterocycles. The number of fused-ring (bicyclic) bond motifs is 6. The summed E-state index contributed by atoms with van der Waals surface area (Å²) in [7, 11) is 0. The molecule has 0 atom stereocenters. The Morgan fingerprint density at radius 2 is 0.383 bits per heavy atom. The van der Waals surface area contributed by atoms with E-state index in [1.54, 1.807) is 72.8 Å². The van der Waals surface area contributed by atoms with Crippen LogP contribution in [0.5, 0.6) is 0 Å². The molecule has 19 rings (SSSR count). The van der Waals surface area contributed by atoms with E-state index in [1.165, 1.54) is 0 Å². The fourth-order valence-electron chi connectivity index (χ4n) is 15.9. The number of aromatic nitrogens is 8. The van der Waals surface area contributed by atoms with Gasteiger partial charge in [-0.1, -0.05) is 188 Å². The molecule has 0 bridgehead atoms. The third kappa shape index (κ3) is 13.4. The summed E-state index contributed by atoms with van der Waals surface area (Å²) < 4.78 is 4.47. The van der Waals surface area contributed by atoms with Crippen molar-refractivity contribution >= 4 is 43.6 Å². The van der Waals surface area contributed by atoms with Crippen LogP contribution in [-0.4, -0.2) is 39.0 Å². The highest BCUT2D eigenvalue weighted by Gasteiger charge is 2.26. The fraction of sp³-hybridized carbons (Fsp3) is 0. The van der Waals surface area contributed by atoms with Crippen LogP contribution in [0.1, 0.15) is 44.5 Å². The van der Waals surface area contributed by atoms with Crippen LogP contribution in [0.25, 0.3) is 190 Å². The van der Waals surface area contributed by atoms with Crippen LogP contribution in [0.15, 0.2) is 328 Å². The predicted octanol–water partition coefficient (Wildman–Crippen LogP) is 23.2. The lowest BCUT2D eigenvalue weighted by molar-refractivity contribution is 1.07. The number of benzene rings is 15. The van der Waals surface area contributed by atoms with Gasteiger partial charge in [-0.25, -0.2) is 29.9 Å². The minimum atomic E-state index is 0.333. The van der Waals surface area contributed by atoms with Crippen molar-refractivity contribution in [2.75, 3.05) is 0 Å². The van der Waals surface area contributed by atoms with E-state index in [0.717, 1.165) is 122 Å². The summed E-state index contributed by atoms with van der Waals surface area (Å²) in [6.07, 6.45) is 0. The van der Waals surface area contributed by atoms with Gasteiger partial charge in [0.15, 0.2) is 34.9 Å². The second kappa shape index (κ2) is 30.4. The smallest absolute Gasteiger partial charge is 0.164 e. The highest BCUT2D eigenvalue weighted by Crippen LogP contribution is 2.46. The quantitative estimate of drug-likeness (QED) is 0.0979. The summed E-state index contributed by atoms with van der Waals surface area (Å²) in [5.41, 5.74) is 20.7. The van der Waals surface area contributed by atoms with Crippen molar-refractivity contribution < 1.29 is 0 Å². The lowest BCUT2D eigenvalue weighted by atomic mass is 9.95. The van der Waals surface area contributed by atoms with Crippen LogP contribution < -0.4 is 0 Å². The van der Waals surface area contributed by atoms with Crippen molar-refractivity contribution in [3.8, 4) is 195 Å². The van der Waals surface area contributed by atoms with Crippen LogP contribution >= 0.6 is 0 Å². The molecule has 0 aliphatic rings. The molecule has 0 unspecified atom stereocenters. The Balaban J connectivity index is 0.882. The Bertz CT molecular complexity index is 6910. The molecular weight excluding hydrogens is 1470 g/mol. The Hall–Kier alpha value is -18.2. The highest BCUT2D eigenvalue weighted by atomic mass is 15.1. The normalized spacial score (nSPS) is 10.9. The molecule has 0 radical (unpaired) electrons. The highest BCUT2D eigenvalue weighted by molar-refractivity contribution is 6.14. The van der Waals surface area contributed by atoms with E-state index in [0.29, 0.717) is 113 Å². The monoisotopic (exact) mass is 1530 g/mol. The van der Waals surface area contributed by atoms with Crippen LogP contribution in [0.2, 0.25) is 0 Å². The summed E-state index contributed by atoms with van der Waals surface area (Å²) >= 11 is 0. The zero-order chi connectivity index (χ0) is 81.5. The first-order valence-electron chi connectivity index (χ1n) is 38.1. The Morgan fingerprint density at radius 3 is 0.617 bits per heavy atom. The molecule has 0 fully saturated rings. The van der Waals surface area contributed by atoms with Gasteiger partial charge in [-0.3, -0.25) is 0 Å². The van der Waals surface area contributed by atoms with Crippen LogP contribution in [0.3, 0.4) is 0 Å². The van der Waals surface area contributed by atoms with Gasteiger partial charge >= 0.3 is 0 Å². The first-order valence-corrected chi connectivity index (χ1v) is 38.1. The van der Waals surface area contributed by atoms with Gasteiger partial charge in [0.05, 0.1) is 127 Å². The van der Waals surface area contributed by atoms with Gasteiger partial charge in [-0.15, -0.1) is 0 Å². The minimum absolute atomic E-state index is 0.333. The molecule has 0 aliphatic carbocycles.